The summed E-state index contributed by atoms with van der Waals surface area (Å²) in [5.41, 5.74) is 2.57. The highest BCUT2D eigenvalue weighted by atomic mass is 16.5. The minimum Gasteiger partial charge on any atom is -0.373 e. The normalized spacial score (nSPS) is 28.5. The van der Waals surface area contributed by atoms with E-state index in [9.17, 15) is 0 Å². The Balaban J connectivity index is 1.69. The molecule has 1 aliphatic carbocycles. The molecule has 0 amide bonds. The van der Waals surface area contributed by atoms with Gasteiger partial charge in [0.1, 0.15) is 0 Å². The molecule has 92 valence electrons. The molecule has 0 bridgehead atoms. The van der Waals surface area contributed by atoms with Crippen LogP contribution >= 0.6 is 0 Å². The lowest BCUT2D eigenvalue weighted by molar-refractivity contribution is 0.0896. The molecule has 3 nitrogen and oxygen atoms in total. The molecule has 1 saturated carbocycles. The molecule has 3 heteroatoms. The van der Waals surface area contributed by atoms with Gasteiger partial charge in [-0.3, -0.25) is 4.98 Å². The molecule has 3 rings (SSSR count). The zero-order valence-corrected chi connectivity index (χ0v) is 10.4. The molecule has 1 saturated heterocycles. The van der Waals surface area contributed by atoms with Gasteiger partial charge in [-0.2, -0.15) is 0 Å². The van der Waals surface area contributed by atoms with E-state index in [1.165, 1.54) is 30.4 Å². The number of hydrogen-bond acceptors (Lipinski definition) is 3. The fraction of sp³-hybridized carbons (Fsp3) is 0.643. The van der Waals surface area contributed by atoms with Crippen molar-refractivity contribution in [3.05, 3.63) is 29.6 Å². The first-order valence-corrected chi connectivity index (χ1v) is 6.60. The standard InChI is InChI=1S/C14H20N2O/c1-10-4-6-15-9-13(10)14-11(5-7-17-14)8-16-12-2-3-12/h4,6,9,11-12,14,16H,2-3,5,7-8H2,1H3. The molecule has 1 N–H and O–H groups in total. The highest BCUT2D eigenvalue weighted by molar-refractivity contribution is 5.25. The Kier molecular flexibility index (Phi) is 3.12. The molecule has 1 aromatic rings. The molecule has 2 aliphatic rings. The van der Waals surface area contributed by atoms with Gasteiger partial charge in [-0.25, -0.2) is 0 Å². The number of pyridine rings is 1. The van der Waals surface area contributed by atoms with Gasteiger partial charge in [0.05, 0.1) is 6.10 Å². The van der Waals surface area contributed by atoms with Crippen LogP contribution in [0.25, 0.3) is 0 Å². The molecule has 2 unspecified atom stereocenters. The summed E-state index contributed by atoms with van der Waals surface area (Å²) in [7, 11) is 0. The van der Waals surface area contributed by atoms with E-state index in [1.54, 1.807) is 0 Å². The van der Waals surface area contributed by atoms with Crippen molar-refractivity contribution in [1.82, 2.24) is 10.3 Å². The van der Waals surface area contributed by atoms with Crippen molar-refractivity contribution < 1.29 is 4.74 Å². The number of rotatable bonds is 4. The van der Waals surface area contributed by atoms with Crippen LogP contribution in [0.5, 0.6) is 0 Å². The fourth-order valence-electron chi connectivity index (χ4n) is 2.57. The van der Waals surface area contributed by atoms with Crippen LogP contribution in [0.15, 0.2) is 18.5 Å². The minimum absolute atomic E-state index is 0.245. The lowest BCUT2D eigenvalue weighted by Crippen LogP contribution is -2.26. The van der Waals surface area contributed by atoms with Crippen molar-refractivity contribution in [2.45, 2.75) is 38.3 Å². The van der Waals surface area contributed by atoms with Crippen LogP contribution in [0.2, 0.25) is 0 Å². The van der Waals surface area contributed by atoms with E-state index in [1.807, 2.05) is 12.4 Å². The van der Waals surface area contributed by atoms with Crippen LogP contribution in [0.3, 0.4) is 0 Å². The summed E-state index contributed by atoms with van der Waals surface area (Å²) in [6.07, 6.45) is 7.93. The largest absolute Gasteiger partial charge is 0.373 e. The fourth-order valence-corrected chi connectivity index (χ4v) is 2.57. The second kappa shape index (κ2) is 4.75. The molecule has 2 atom stereocenters. The predicted octanol–water partition coefficient (Wildman–Crippen LogP) is 2.22. The third kappa shape index (κ3) is 2.50. The zero-order valence-electron chi connectivity index (χ0n) is 10.4. The molecule has 17 heavy (non-hydrogen) atoms. The zero-order chi connectivity index (χ0) is 11.7. The van der Waals surface area contributed by atoms with Crippen molar-refractivity contribution in [3.63, 3.8) is 0 Å². The Labute approximate surface area is 103 Å². The maximum absolute atomic E-state index is 5.91. The first-order valence-electron chi connectivity index (χ1n) is 6.60. The van der Waals surface area contributed by atoms with Crippen LogP contribution in [0, 0.1) is 12.8 Å². The Morgan fingerprint density at radius 2 is 2.29 bits per heavy atom. The molecule has 1 aromatic heterocycles. The Hall–Kier alpha value is -0.930. The van der Waals surface area contributed by atoms with Crippen LogP contribution in [-0.2, 0) is 4.74 Å². The first-order chi connectivity index (χ1) is 8.34. The average Bonchev–Trinajstić information content (AvgIpc) is 3.06. The Morgan fingerprint density at radius 3 is 3.06 bits per heavy atom. The molecular formula is C14H20N2O. The molecule has 0 spiro atoms. The van der Waals surface area contributed by atoms with E-state index < -0.39 is 0 Å². The van der Waals surface area contributed by atoms with Crippen LogP contribution in [0.1, 0.15) is 36.5 Å². The Bertz CT molecular complexity index is 390. The highest BCUT2D eigenvalue weighted by Crippen LogP contribution is 2.35. The lowest BCUT2D eigenvalue weighted by atomic mass is 9.94. The number of hydrogen-bond donors (Lipinski definition) is 1. The summed E-state index contributed by atoms with van der Waals surface area (Å²) in [6, 6.07) is 2.86. The van der Waals surface area contributed by atoms with E-state index in [0.29, 0.717) is 5.92 Å². The number of aromatic nitrogens is 1. The van der Waals surface area contributed by atoms with Crippen molar-refractivity contribution >= 4 is 0 Å². The van der Waals surface area contributed by atoms with Crippen molar-refractivity contribution in [3.8, 4) is 0 Å². The quantitative estimate of drug-likeness (QED) is 0.864. The van der Waals surface area contributed by atoms with Gasteiger partial charge in [-0.15, -0.1) is 0 Å². The lowest BCUT2D eigenvalue weighted by Gasteiger charge is -2.20. The van der Waals surface area contributed by atoms with Gasteiger partial charge in [0.25, 0.3) is 0 Å². The van der Waals surface area contributed by atoms with Crippen LogP contribution in [0.4, 0.5) is 0 Å². The molecule has 2 fully saturated rings. The smallest absolute Gasteiger partial charge is 0.0883 e. The molecular weight excluding hydrogens is 212 g/mol. The van der Waals surface area contributed by atoms with Crippen LogP contribution in [-0.4, -0.2) is 24.2 Å². The van der Waals surface area contributed by atoms with E-state index in [-0.39, 0.29) is 6.10 Å². The second-order valence-corrected chi connectivity index (χ2v) is 5.25. The first kappa shape index (κ1) is 11.2. The van der Waals surface area contributed by atoms with Gasteiger partial charge in [-0.1, -0.05) is 0 Å². The minimum atomic E-state index is 0.245. The molecule has 0 aromatic carbocycles. The summed E-state index contributed by atoms with van der Waals surface area (Å²) >= 11 is 0. The van der Waals surface area contributed by atoms with Gasteiger partial charge < -0.3 is 10.1 Å². The third-order valence-corrected chi connectivity index (χ3v) is 3.85. The predicted molar refractivity (Wildman–Crippen MR) is 66.8 cm³/mol. The molecule has 2 heterocycles. The molecule has 0 radical (unpaired) electrons. The Morgan fingerprint density at radius 1 is 1.41 bits per heavy atom. The van der Waals surface area contributed by atoms with Crippen molar-refractivity contribution in [2.24, 2.45) is 5.92 Å². The topological polar surface area (TPSA) is 34.1 Å². The second-order valence-electron chi connectivity index (χ2n) is 5.25. The van der Waals surface area contributed by atoms with E-state index >= 15 is 0 Å². The maximum Gasteiger partial charge on any atom is 0.0883 e. The summed E-state index contributed by atoms with van der Waals surface area (Å²) < 4.78 is 5.91. The summed E-state index contributed by atoms with van der Waals surface area (Å²) in [6.45, 7) is 4.11. The maximum atomic E-state index is 5.91. The van der Waals surface area contributed by atoms with Gasteiger partial charge in [0.2, 0.25) is 0 Å². The highest BCUT2D eigenvalue weighted by Gasteiger charge is 2.32. The van der Waals surface area contributed by atoms with Gasteiger partial charge in [0.15, 0.2) is 0 Å². The van der Waals surface area contributed by atoms with Gasteiger partial charge in [-0.05, 0) is 37.8 Å². The molecule has 1 aliphatic heterocycles. The summed E-state index contributed by atoms with van der Waals surface area (Å²) in [5.74, 6) is 0.610. The van der Waals surface area contributed by atoms with Crippen molar-refractivity contribution in [1.29, 1.82) is 0 Å². The number of nitrogens with zero attached hydrogens (tertiary/aromatic N) is 1. The number of nitrogens with one attached hydrogen (secondary N) is 1. The van der Waals surface area contributed by atoms with Gasteiger partial charge in [0, 0.05) is 43.1 Å². The van der Waals surface area contributed by atoms with Crippen molar-refractivity contribution in [2.75, 3.05) is 13.2 Å². The third-order valence-electron chi connectivity index (χ3n) is 3.85. The van der Waals surface area contributed by atoms with E-state index in [2.05, 4.69) is 23.3 Å². The SMILES string of the molecule is Cc1ccncc1C1OCCC1CNC1CC1. The van der Waals surface area contributed by atoms with E-state index in [4.69, 9.17) is 4.74 Å². The number of aryl methyl sites for hydroxylation is 1. The summed E-state index contributed by atoms with van der Waals surface area (Å²) in [5, 5.41) is 3.62. The van der Waals surface area contributed by atoms with Crippen LogP contribution < -0.4 is 5.32 Å². The monoisotopic (exact) mass is 232 g/mol. The van der Waals surface area contributed by atoms with Gasteiger partial charge >= 0.3 is 0 Å². The average molecular weight is 232 g/mol. The summed E-state index contributed by atoms with van der Waals surface area (Å²) in [4.78, 5) is 4.23. The number of ether oxygens (including phenoxy) is 1. The van der Waals surface area contributed by atoms with E-state index in [0.717, 1.165) is 19.2 Å².